The Balaban J connectivity index is 3.70. The summed E-state index contributed by atoms with van der Waals surface area (Å²) in [4.78, 5) is 23.0. The molecule has 0 bridgehead atoms. The number of carboxylic acid groups (broad SMARTS) is 1. The summed E-state index contributed by atoms with van der Waals surface area (Å²) in [6.07, 6.45) is 16.2. The van der Waals surface area contributed by atoms with Gasteiger partial charge in [0.2, 0.25) is 0 Å². The molecule has 0 heterocycles. The molecule has 0 rings (SSSR count). The normalized spacial score (nSPS) is 13.8. The Morgan fingerprint density at radius 3 is 1.83 bits per heavy atom. The first-order valence-electron chi connectivity index (χ1n) is 12.4. The zero-order valence-electron chi connectivity index (χ0n) is 20.6. The Morgan fingerprint density at radius 2 is 1.33 bits per heavy atom. The van der Waals surface area contributed by atoms with E-state index in [0.717, 1.165) is 25.2 Å². The maximum absolute atomic E-state index is 12.1. The summed E-state index contributed by atoms with van der Waals surface area (Å²) < 4.78 is 6.00. The fourth-order valence-corrected chi connectivity index (χ4v) is 3.90. The van der Waals surface area contributed by atoms with Crippen LogP contribution in [0.3, 0.4) is 0 Å². The lowest BCUT2D eigenvalue weighted by Crippen LogP contribution is -2.43. The number of esters is 1. The van der Waals surface area contributed by atoms with Crippen LogP contribution in [-0.2, 0) is 14.3 Å². The first-order valence-corrected chi connectivity index (χ1v) is 12.4. The van der Waals surface area contributed by atoms with Gasteiger partial charge in [0.15, 0.2) is 6.10 Å². The van der Waals surface area contributed by atoms with Gasteiger partial charge >= 0.3 is 11.9 Å². The average molecular weight is 429 g/mol. The van der Waals surface area contributed by atoms with Gasteiger partial charge in [0.25, 0.3) is 0 Å². The van der Waals surface area contributed by atoms with Gasteiger partial charge in [0.05, 0.1) is 27.6 Å². The van der Waals surface area contributed by atoms with E-state index in [9.17, 15) is 9.59 Å². The van der Waals surface area contributed by atoms with Crippen LogP contribution in [0.25, 0.3) is 0 Å². The molecule has 178 valence electrons. The number of hydrogen-bond acceptors (Lipinski definition) is 3. The summed E-state index contributed by atoms with van der Waals surface area (Å²) in [5.41, 5.74) is 0. The molecule has 30 heavy (non-hydrogen) atoms. The number of ether oxygens (including phenoxy) is 1. The van der Waals surface area contributed by atoms with E-state index >= 15 is 0 Å². The zero-order valence-corrected chi connectivity index (χ0v) is 20.6. The molecular formula is C25H50NO4+. The topological polar surface area (TPSA) is 63.6 Å². The number of aliphatic carboxylic acids is 1. The lowest BCUT2D eigenvalue weighted by Gasteiger charge is -2.28. The summed E-state index contributed by atoms with van der Waals surface area (Å²) in [5.74, 6) is -0.332. The maximum atomic E-state index is 12.1. The van der Waals surface area contributed by atoms with E-state index < -0.39 is 12.1 Å². The van der Waals surface area contributed by atoms with E-state index in [2.05, 4.69) is 13.8 Å². The third-order valence-electron chi connectivity index (χ3n) is 5.58. The number of hydrogen-bond donors (Lipinski definition) is 1. The molecule has 0 amide bonds. The van der Waals surface area contributed by atoms with Gasteiger partial charge in [-0.3, -0.25) is 9.59 Å². The number of carbonyl (C=O) groups is 2. The number of carbonyl (C=O) groups excluding carboxylic acids is 1. The first kappa shape index (κ1) is 28.9. The molecule has 0 radical (unpaired) electrons. The van der Waals surface area contributed by atoms with Gasteiger partial charge in [-0.25, -0.2) is 0 Å². The number of nitrogens with zero attached hydrogens (tertiary/aromatic N) is 1. The van der Waals surface area contributed by atoms with Crippen molar-refractivity contribution in [3.63, 3.8) is 0 Å². The smallest absolute Gasteiger partial charge is 0.307 e. The van der Waals surface area contributed by atoms with Gasteiger partial charge in [-0.15, -0.1) is 0 Å². The molecule has 5 nitrogen and oxygen atoms in total. The SMILES string of the molecule is CCCCCCCC(C)CCCCCCCCC(=O)OC(CC(=O)O)C[N+](C)(C)C. The third-order valence-corrected chi connectivity index (χ3v) is 5.58. The van der Waals surface area contributed by atoms with E-state index in [1.54, 1.807) is 0 Å². The second kappa shape index (κ2) is 17.6. The van der Waals surface area contributed by atoms with Gasteiger partial charge < -0.3 is 14.3 Å². The highest BCUT2D eigenvalue weighted by Crippen LogP contribution is 2.18. The van der Waals surface area contributed by atoms with Crippen molar-refractivity contribution in [1.29, 1.82) is 0 Å². The molecule has 0 aromatic carbocycles. The number of unbranched alkanes of at least 4 members (excludes halogenated alkanes) is 9. The van der Waals surface area contributed by atoms with Crippen molar-refractivity contribution >= 4 is 11.9 Å². The van der Waals surface area contributed by atoms with E-state index in [0.29, 0.717) is 17.4 Å². The summed E-state index contributed by atoms with van der Waals surface area (Å²) in [6.45, 7) is 5.16. The quantitative estimate of drug-likeness (QED) is 0.142. The molecule has 0 saturated carbocycles. The van der Waals surface area contributed by atoms with Crippen molar-refractivity contribution in [2.45, 2.75) is 116 Å². The Hall–Kier alpha value is -1.10. The number of rotatable bonds is 20. The molecule has 0 aliphatic carbocycles. The van der Waals surface area contributed by atoms with Crippen LogP contribution in [0, 0.1) is 5.92 Å². The van der Waals surface area contributed by atoms with Crippen molar-refractivity contribution in [3.8, 4) is 0 Å². The van der Waals surface area contributed by atoms with E-state index in [1.807, 2.05) is 21.1 Å². The predicted octanol–water partition coefficient (Wildman–Crippen LogP) is 6.20. The van der Waals surface area contributed by atoms with Crippen molar-refractivity contribution < 1.29 is 23.9 Å². The number of quaternary nitrogens is 1. The largest absolute Gasteiger partial charge is 0.481 e. The highest BCUT2D eigenvalue weighted by molar-refractivity contribution is 5.71. The summed E-state index contributed by atoms with van der Waals surface area (Å²) in [5, 5.41) is 9.02. The fraction of sp³-hybridized carbons (Fsp3) is 0.920. The summed E-state index contributed by atoms with van der Waals surface area (Å²) in [6, 6.07) is 0. The molecule has 0 aromatic heterocycles. The molecule has 2 atom stereocenters. The van der Waals surface area contributed by atoms with E-state index in [1.165, 1.54) is 64.2 Å². The maximum Gasteiger partial charge on any atom is 0.307 e. The Bertz CT molecular complexity index is 445. The van der Waals surface area contributed by atoms with Crippen LogP contribution in [0.2, 0.25) is 0 Å². The molecule has 0 aliphatic rings. The van der Waals surface area contributed by atoms with Gasteiger partial charge in [-0.2, -0.15) is 0 Å². The van der Waals surface area contributed by atoms with Crippen molar-refractivity contribution in [1.82, 2.24) is 0 Å². The molecule has 0 aromatic rings. The van der Waals surface area contributed by atoms with Crippen LogP contribution in [-0.4, -0.2) is 55.3 Å². The van der Waals surface area contributed by atoms with Crippen LogP contribution in [0.1, 0.15) is 110 Å². The van der Waals surface area contributed by atoms with Gasteiger partial charge in [0.1, 0.15) is 6.54 Å². The molecular weight excluding hydrogens is 378 g/mol. The van der Waals surface area contributed by atoms with E-state index in [-0.39, 0.29) is 12.4 Å². The Labute approximate surface area is 186 Å². The molecule has 0 fully saturated rings. The van der Waals surface area contributed by atoms with Crippen molar-refractivity contribution in [3.05, 3.63) is 0 Å². The average Bonchev–Trinajstić information content (AvgIpc) is 2.61. The lowest BCUT2D eigenvalue weighted by atomic mass is 9.96. The van der Waals surface area contributed by atoms with E-state index in [4.69, 9.17) is 9.84 Å². The highest BCUT2D eigenvalue weighted by Gasteiger charge is 2.24. The Morgan fingerprint density at radius 1 is 0.833 bits per heavy atom. The van der Waals surface area contributed by atoms with Gasteiger partial charge in [-0.05, 0) is 12.3 Å². The second-order valence-electron chi connectivity index (χ2n) is 10.2. The third kappa shape index (κ3) is 20.2. The molecule has 0 aliphatic heterocycles. The van der Waals surface area contributed by atoms with Crippen LogP contribution in [0.5, 0.6) is 0 Å². The minimum atomic E-state index is -0.924. The minimum Gasteiger partial charge on any atom is -0.481 e. The van der Waals surface area contributed by atoms with Crippen molar-refractivity contribution in [2.24, 2.45) is 5.92 Å². The van der Waals surface area contributed by atoms with Crippen LogP contribution >= 0.6 is 0 Å². The number of likely N-dealkylation sites (N-methyl/N-ethyl adjacent to an activating group) is 1. The first-order chi connectivity index (χ1) is 14.1. The molecule has 0 spiro atoms. The van der Waals surface area contributed by atoms with Crippen molar-refractivity contribution in [2.75, 3.05) is 27.7 Å². The summed E-state index contributed by atoms with van der Waals surface area (Å²) >= 11 is 0. The molecule has 5 heteroatoms. The predicted molar refractivity (Wildman–Crippen MR) is 125 cm³/mol. The second-order valence-corrected chi connectivity index (χ2v) is 10.2. The van der Waals surface area contributed by atoms with Crippen LogP contribution in [0.15, 0.2) is 0 Å². The molecule has 1 N–H and O–H groups in total. The highest BCUT2D eigenvalue weighted by atomic mass is 16.5. The monoisotopic (exact) mass is 428 g/mol. The fourth-order valence-electron chi connectivity index (χ4n) is 3.90. The van der Waals surface area contributed by atoms with Gasteiger partial charge in [0, 0.05) is 6.42 Å². The Kier molecular flexibility index (Phi) is 16.9. The van der Waals surface area contributed by atoms with Crippen LogP contribution < -0.4 is 0 Å². The minimum absolute atomic E-state index is 0.127. The molecule has 0 saturated heterocycles. The molecule has 2 unspecified atom stereocenters. The standard InChI is InChI=1S/C25H49NO4/c1-6-7-8-11-14-17-22(2)18-15-12-9-10-13-16-19-25(29)30-23(20-24(27)28)21-26(3,4)5/h22-23H,6-21H2,1-5H3/p+1. The van der Waals surface area contributed by atoms with Crippen LogP contribution in [0.4, 0.5) is 0 Å². The zero-order chi connectivity index (χ0) is 22.8. The number of carboxylic acids is 1. The lowest BCUT2D eigenvalue weighted by molar-refractivity contribution is -0.873. The van der Waals surface area contributed by atoms with Gasteiger partial charge in [-0.1, -0.05) is 90.9 Å². The summed E-state index contributed by atoms with van der Waals surface area (Å²) in [7, 11) is 5.91.